The average Bonchev–Trinajstić information content (AvgIpc) is 3.06. The number of halogens is 1. The van der Waals surface area contributed by atoms with Crippen LogP contribution in [0.1, 0.15) is 42.8 Å². The second-order valence-corrected chi connectivity index (χ2v) is 7.09. The number of nitrogens with one attached hydrogen (secondary N) is 1. The third kappa shape index (κ3) is 4.63. The summed E-state index contributed by atoms with van der Waals surface area (Å²) in [7, 11) is 0. The van der Waals surface area contributed by atoms with Crippen LogP contribution in [0, 0.1) is 0 Å². The Hall–Kier alpha value is -1.89. The van der Waals surface area contributed by atoms with Crippen molar-refractivity contribution in [2.24, 2.45) is 0 Å². The zero-order valence-corrected chi connectivity index (χ0v) is 15.7. The molecule has 7 heteroatoms. The number of benzene rings is 1. The fraction of sp³-hybridized carbons (Fsp3) is 0.474. The number of unbranched alkanes of at least 4 members (excludes halogenated alkanes) is 1. The molecular weight excluding hydrogens is 352 g/mol. The first kappa shape index (κ1) is 18.9. The molecule has 2 N–H and O–H groups in total. The standard InChI is InChI=1S/C19H25ClN4O2/c1-2-3-7-23-8-9-24-17(13-23)11-16(22-24)12-21-19(26)18(25)14-5-4-6-15(20)10-14/h4-6,10-11,18,25H,2-3,7-9,12-13H2,1H3,(H,21,26). The summed E-state index contributed by atoms with van der Waals surface area (Å²) in [5, 5.41) is 18.0. The lowest BCUT2D eigenvalue weighted by atomic mass is 10.1. The van der Waals surface area contributed by atoms with Crippen LogP contribution in [-0.4, -0.2) is 38.8 Å². The second-order valence-electron chi connectivity index (χ2n) is 6.66. The van der Waals surface area contributed by atoms with Gasteiger partial charge in [-0.05, 0) is 36.7 Å². The molecule has 6 nitrogen and oxygen atoms in total. The van der Waals surface area contributed by atoms with Crippen molar-refractivity contribution < 1.29 is 9.90 Å². The zero-order valence-electron chi connectivity index (χ0n) is 15.0. The number of amides is 1. The molecule has 0 fully saturated rings. The van der Waals surface area contributed by atoms with Crippen molar-refractivity contribution in [3.8, 4) is 0 Å². The second kappa shape index (κ2) is 8.66. The first-order chi connectivity index (χ1) is 12.6. The van der Waals surface area contributed by atoms with Gasteiger partial charge in [-0.1, -0.05) is 37.1 Å². The SMILES string of the molecule is CCCCN1CCn2nc(CNC(=O)C(O)c3cccc(Cl)c3)cc2C1. The summed E-state index contributed by atoms with van der Waals surface area (Å²) in [6.45, 7) is 6.38. The Morgan fingerprint density at radius 3 is 3.00 bits per heavy atom. The number of hydrogen-bond donors (Lipinski definition) is 2. The molecule has 26 heavy (non-hydrogen) atoms. The highest BCUT2D eigenvalue weighted by atomic mass is 35.5. The molecule has 1 amide bonds. The highest BCUT2D eigenvalue weighted by Crippen LogP contribution is 2.18. The smallest absolute Gasteiger partial charge is 0.253 e. The first-order valence-corrected chi connectivity index (χ1v) is 9.44. The lowest BCUT2D eigenvalue weighted by Crippen LogP contribution is -2.34. The van der Waals surface area contributed by atoms with E-state index in [0.717, 1.165) is 31.9 Å². The number of aromatic nitrogens is 2. The third-order valence-corrected chi connectivity index (χ3v) is 4.85. The minimum Gasteiger partial charge on any atom is -0.378 e. The van der Waals surface area contributed by atoms with Crippen molar-refractivity contribution in [2.45, 2.75) is 45.5 Å². The van der Waals surface area contributed by atoms with Gasteiger partial charge in [-0.2, -0.15) is 5.10 Å². The van der Waals surface area contributed by atoms with Crippen molar-refractivity contribution in [1.29, 1.82) is 0 Å². The summed E-state index contributed by atoms with van der Waals surface area (Å²) < 4.78 is 2.01. The van der Waals surface area contributed by atoms with E-state index in [1.807, 2.05) is 10.7 Å². The van der Waals surface area contributed by atoms with E-state index in [0.29, 0.717) is 17.1 Å². The molecule has 1 aliphatic rings. The Morgan fingerprint density at radius 1 is 1.38 bits per heavy atom. The van der Waals surface area contributed by atoms with E-state index in [2.05, 4.69) is 22.2 Å². The normalized spacial score (nSPS) is 15.5. The third-order valence-electron chi connectivity index (χ3n) is 4.61. The zero-order chi connectivity index (χ0) is 18.5. The maximum atomic E-state index is 12.2. The van der Waals surface area contributed by atoms with E-state index in [4.69, 9.17) is 11.6 Å². The van der Waals surface area contributed by atoms with E-state index in [9.17, 15) is 9.90 Å². The van der Waals surface area contributed by atoms with Gasteiger partial charge in [0.1, 0.15) is 0 Å². The number of aliphatic hydroxyl groups excluding tert-OH is 1. The summed E-state index contributed by atoms with van der Waals surface area (Å²) >= 11 is 5.91. The molecule has 0 radical (unpaired) electrons. The van der Waals surface area contributed by atoms with Gasteiger partial charge >= 0.3 is 0 Å². The average molecular weight is 377 g/mol. The predicted octanol–water partition coefficient (Wildman–Crippen LogP) is 2.50. The summed E-state index contributed by atoms with van der Waals surface area (Å²) in [4.78, 5) is 14.6. The number of rotatable bonds is 7. The van der Waals surface area contributed by atoms with E-state index < -0.39 is 12.0 Å². The highest BCUT2D eigenvalue weighted by Gasteiger charge is 2.20. The Morgan fingerprint density at radius 2 is 2.23 bits per heavy atom. The highest BCUT2D eigenvalue weighted by molar-refractivity contribution is 6.30. The first-order valence-electron chi connectivity index (χ1n) is 9.06. The molecule has 2 aromatic rings. The maximum Gasteiger partial charge on any atom is 0.253 e. The van der Waals surface area contributed by atoms with Crippen LogP contribution < -0.4 is 5.32 Å². The van der Waals surface area contributed by atoms with Crippen molar-refractivity contribution in [3.05, 3.63) is 52.3 Å². The van der Waals surface area contributed by atoms with Crippen LogP contribution in [0.5, 0.6) is 0 Å². The van der Waals surface area contributed by atoms with Crippen LogP contribution in [0.4, 0.5) is 0 Å². The molecule has 140 valence electrons. The Bertz CT molecular complexity index is 762. The predicted molar refractivity (Wildman–Crippen MR) is 101 cm³/mol. The van der Waals surface area contributed by atoms with Crippen LogP contribution in [0.3, 0.4) is 0 Å². The van der Waals surface area contributed by atoms with E-state index in [1.54, 1.807) is 24.3 Å². The van der Waals surface area contributed by atoms with Crippen LogP contribution in [-0.2, 0) is 24.4 Å². The lowest BCUT2D eigenvalue weighted by molar-refractivity contribution is -0.129. The van der Waals surface area contributed by atoms with Gasteiger partial charge in [0.25, 0.3) is 5.91 Å². The molecule has 0 saturated carbocycles. The van der Waals surface area contributed by atoms with Gasteiger partial charge in [0, 0.05) is 18.1 Å². The minimum absolute atomic E-state index is 0.297. The number of nitrogens with zero attached hydrogens (tertiary/aromatic N) is 3. The van der Waals surface area contributed by atoms with Gasteiger partial charge in [0.15, 0.2) is 6.10 Å². The van der Waals surface area contributed by atoms with Gasteiger partial charge in [-0.25, -0.2) is 0 Å². The van der Waals surface area contributed by atoms with Gasteiger partial charge in [0.05, 0.1) is 24.5 Å². The number of carbonyl (C=O) groups is 1. The maximum absolute atomic E-state index is 12.2. The van der Waals surface area contributed by atoms with Gasteiger partial charge in [-0.3, -0.25) is 14.4 Å². The number of aliphatic hydroxyl groups is 1. The molecule has 1 aromatic carbocycles. The number of hydrogen-bond acceptors (Lipinski definition) is 4. The molecule has 0 aliphatic carbocycles. The van der Waals surface area contributed by atoms with Crippen molar-refractivity contribution >= 4 is 17.5 Å². The van der Waals surface area contributed by atoms with Crippen LogP contribution >= 0.6 is 11.6 Å². The molecule has 1 atom stereocenters. The fourth-order valence-corrected chi connectivity index (χ4v) is 3.34. The number of carbonyl (C=O) groups excluding carboxylic acids is 1. The Kier molecular flexibility index (Phi) is 6.29. The molecular formula is C19H25ClN4O2. The van der Waals surface area contributed by atoms with E-state index in [1.165, 1.54) is 18.5 Å². The van der Waals surface area contributed by atoms with Crippen molar-refractivity contribution in [2.75, 3.05) is 13.1 Å². The Labute approximate surface area is 158 Å². The molecule has 3 rings (SSSR count). The summed E-state index contributed by atoms with van der Waals surface area (Å²) in [6, 6.07) is 8.71. The molecule has 1 aliphatic heterocycles. The van der Waals surface area contributed by atoms with Gasteiger partial charge in [-0.15, -0.1) is 0 Å². The quantitative estimate of drug-likeness (QED) is 0.779. The summed E-state index contributed by atoms with van der Waals surface area (Å²) in [5.74, 6) is -0.456. The van der Waals surface area contributed by atoms with Gasteiger partial charge in [0.2, 0.25) is 0 Å². The van der Waals surface area contributed by atoms with Crippen molar-refractivity contribution in [3.63, 3.8) is 0 Å². The minimum atomic E-state index is -1.24. The number of fused-ring (bicyclic) bond motifs is 1. The van der Waals surface area contributed by atoms with Crippen LogP contribution in [0.15, 0.2) is 30.3 Å². The van der Waals surface area contributed by atoms with Crippen molar-refractivity contribution in [1.82, 2.24) is 20.0 Å². The van der Waals surface area contributed by atoms with Gasteiger partial charge < -0.3 is 10.4 Å². The topological polar surface area (TPSA) is 70.4 Å². The van der Waals surface area contributed by atoms with Crippen LogP contribution in [0.2, 0.25) is 5.02 Å². The van der Waals surface area contributed by atoms with E-state index >= 15 is 0 Å². The molecule has 0 bridgehead atoms. The summed E-state index contributed by atoms with van der Waals surface area (Å²) in [5.41, 5.74) is 2.46. The van der Waals surface area contributed by atoms with E-state index in [-0.39, 0.29) is 0 Å². The molecule has 0 saturated heterocycles. The molecule has 1 unspecified atom stereocenters. The lowest BCUT2D eigenvalue weighted by Gasteiger charge is -2.27. The summed E-state index contributed by atoms with van der Waals surface area (Å²) in [6.07, 6.45) is 1.16. The Balaban J connectivity index is 1.55. The largest absolute Gasteiger partial charge is 0.378 e. The molecule has 1 aromatic heterocycles. The van der Waals surface area contributed by atoms with Crippen LogP contribution in [0.25, 0.3) is 0 Å². The fourth-order valence-electron chi connectivity index (χ4n) is 3.14. The molecule has 2 heterocycles. The molecule has 0 spiro atoms. The monoisotopic (exact) mass is 376 g/mol.